The van der Waals surface area contributed by atoms with Gasteiger partial charge in [0.1, 0.15) is 5.75 Å². The molecule has 0 N–H and O–H groups in total. The molecule has 20 heavy (non-hydrogen) atoms. The fourth-order valence-corrected chi connectivity index (χ4v) is 2.90. The van der Waals surface area contributed by atoms with E-state index in [1.54, 1.807) is 0 Å². The molecule has 0 aliphatic rings. The quantitative estimate of drug-likeness (QED) is 0.356. The van der Waals surface area contributed by atoms with Crippen LogP contribution in [-0.4, -0.2) is 12.1 Å². The Kier molecular flexibility index (Phi) is 4.88. The monoisotopic (exact) mass is 373 g/mol. The lowest BCUT2D eigenvalue weighted by molar-refractivity contribution is 0.410. The Bertz CT molecular complexity index is 663. The highest BCUT2D eigenvalue weighted by atomic mass is 35.5. The van der Waals surface area contributed by atoms with Crippen LogP contribution in [-0.2, 0) is 0 Å². The number of benzene rings is 1. The third kappa shape index (κ3) is 2.66. The van der Waals surface area contributed by atoms with Gasteiger partial charge in [0.15, 0.2) is 0 Å². The van der Waals surface area contributed by atoms with Crippen molar-refractivity contribution in [2.24, 2.45) is 0 Å². The number of ether oxygens (including phenoxy) is 1. The maximum atomic E-state index is 13.9. The number of hydrogen-bond donors (Lipinski definition) is 0. The number of hydrogen-bond acceptors (Lipinski definition) is 2. The van der Waals surface area contributed by atoms with Crippen LogP contribution >= 0.6 is 58.0 Å². The van der Waals surface area contributed by atoms with Crippen LogP contribution in [0.1, 0.15) is 0 Å². The summed E-state index contributed by atoms with van der Waals surface area (Å²) in [6.07, 6.45) is 1.22. The van der Waals surface area contributed by atoms with Crippen molar-refractivity contribution in [3.05, 3.63) is 43.3 Å². The molecule has 0 saturated heterocycles. The minimum absolute atomic E-state index is 0.00310. The summed E-state index contributed by atoms with van der Waals surface area (Å²) < 4.78 is 18.9. The maximum absolute atomic E-state index is 13.9. The van der Waals surface area contributed by atoms with Gasteiger partial charge in [-0.1, -0.05) is 58.0 Å². The number of methoxy groups -OCH3 is 1. The van der Waals surface area contributed by atoms with E-state index in [2.05, 4.69) is 4.98 Å². The molecule has 0 atom stereocenters. The summed E-state index contributed by atoms with van der Waals surface area (Å²) in [5, 5.41) is -0.0525. The summed E-state index contributed by atoms with van der Waals surface area (Å²) in [7, 11) is 1.42. The van der Waals surface area contributed by atoms with Crippen molar-refractivity contribution in [2.75, 3.05) is 7.11 Å². The molecule has 2 rings (SSSR count). The van der Waals surface area contributed by atoms with Crippen LogP contribution in [0.5, 0.6) is 5.75 Å². The number of halogens is 6. The molecule has 1 heterocycles. The van der Waals surface area contributed by atoms with E-state index in [0.717, 1.165) is 0 Å². The SMILES string of the molecule is COc1cnc(F)c(-c2c(Cl)c(Cl)c(Cl)c(Cl)c2Cl)c1. The highest BCUT2D eigenvalue weighted by molar-refractivity contribution is 6.56. The Morgan fingerprint density at radius 3 is 1.95 bits per heavy atom. The van der Waals surface area contributed by atoms with Gasteiger partial charge in [-0.3, -0.25) is 0 Å². The normalized spacial score (nSPS) is 10.8. The van der Waals surface area contributed by atoms with Gasteiger partial charge in [-0.25, -0.2) is 4.98 Å². The third-order valence-corrected chi connectivity index (χ3v) is 4.81. The van der Waals surface area contributed by atoms with Crippen LogP contribution < -0.4 is 4.74 Å². The standard InChI is InChI=1S/C12H5Cl5FNO/c1-20-4-2-5(12(18)19-3-4)6-7(13)9(15)11(17)10(16)8(6)14/h2-3H,1H3. The minimum atomic E-state index is -0.788. The Hall–Kier alpha value is -0.450. The summed E-state index contributed by atoms with van der Waals surface area (Å²) in [4.78, 5) is 3.56. The molecule has 0 aliphatic carbocycles. The largest absolute Gasteiger partial charge is 0.495 e. The maximum Gasteiger partial charge on any atom is 0.221 e. The zero-order chi connectivity index (χ0) is 15.0. The average molecular weight is 375 g/mol. The molecule has 0 spiro atoms. The summed E-state index contributed by atoms with van der Waals surface area (Å²) in [6, 6.07) is 1.38. The molecule has 1 aromatic heterocycles. The van der Waals surface area contributed by atoms with Crippen LogP contribution in [0.4, 0.5) is 4.39 Å². The Balaban J connectivity index is 2.83. The van der Waals surface area contributed by atoms with Gasteiger partial charge in [0.2, 0.25) is 5.95 Å². The van der Waals surface area contributed by atoms with E-state index in [1.807, 2.05) is 0 Å². The van der Waals surface area contributed by atoms with E-state index < -0.39 is 5.95 Å². The second kappa shape index (κ2) is 6.12. The molecule has 0 fully saturated rings. The van der Waals surface area contributed by atoms with Gasteiger partial charge in [0, 0.05) is 11.1 Å². The molecular weight excluding hydrogens is 370 g/mol. The minimum Gasteiger partial charge on any atom is -0.495 e. The summed E-state index contributed by atoms with van der Waals surface area (Å²) in [6.45, 7) is 0. The second-order valence-electron chi connectivity index (χ2n) is 3.66. The lowest BCUT2D eigenvalue weighted by Crippen LogP contribution is -1.94. The lowest BCUT2D eigenvalue weighted by atomic mass is 10.1. The fourth-order valence-electron chi connectivity index (χ4n) is 1.56. The molecule has 8 heteroatoms. The average Bonchev–Trinajstić information content (AvgIpc) is 2.45. The third-order valence-electron chi connectivity index (χ3n) is 2.53. The van der Waals surface area contributed by atoms with Crippen molar-refractivity contribution in [3.8, 4) is 16.9 Å². The zero-order valence-electron chi connectivity index (χ0n) is 9.78. The van der Waals surface area contributed by atoms with E-state index in [-0.39, 0.29) is 36.2 Å². The molecule has 0 saturated carbocycles. The van der Waals surface area contributed by atoms with Gasteiger partial charge in [0.25, 0.3) is 0 Å². The first kappa shape index (κ1) is 15.9. The van der Waals surface area contributed by atoms with Crippen LogP contribution in [0, 0.1) is 5.95 Å². The molecule has 0 radical (unpaired) electrons. The van der Waals surface area contributed by atoms with E-state index in [1.165, 1.54) is 19.4 Å². The first-order valence-corrected chi connectivity index (χ1v) is 6.98. The van der Waals surface area contributed by atoms with Crippen LogP contribution in [0.15, 0.2) is 12.3 Å². The van der Waals surface area contributed by atoms with E-state index in [9.17, 15) is 4.39 Å². The molecular formula is C12H5Cl5FNO. The number of nitrogens with zero attached hydrogens (tertiary/aromatic N) is 1. The van der Waals surface area contributed by atoms with Crippen molar-refractivity contribution in [2.45, 2.75) is 0 Å². The number of pyridine rings is 1. The van der Waals surface area contributed by atoms with Crippen molar-refractivity contribution in [1.29, 1.82) is 0 Å². The first-order valence-electron chi connectivity index (χ1n) is 5.09. The molecule has 2 aromatic rings. The van der Waals surface area contributed by atoms with Gasteiger partial charge in [-0.15, -0.1) is 0 Å². The van der Waals surface area contributed by atoms with Crippen LogP contribution in [0.2, 0.25) is 25.1 Å². The summed E-state index contributed by atoms with van der Waals surface area (Å²) in [5.41, 5.74) is 0.122. The molecule has 106 valence electrons. The first-order chi connectivity index (χ1) is 9.38. The van der Waals surface area contributed by atoms with Gasteiger partial charge in [0.05, 0.1) is 38.4 Å². The smallest absolute Gasteiger partial charge is 0.221 e. The summed E-state index contributed by atoms with van der Waals surface area (Å²) in [5.74, 6) is -0.459. The van der Waals surface area contributed by atoms with E-state index >= 15 is 0 Å². The molecule has 1 aromatic carbocycles. The molecule has 0 unspecified atom stereocenters. The summed E-state index contributed by atoms with van der Waals surface area (Å²) >= 11 is 30.0. The van der Waals surface area contributed by atoms with Gasteiger partial charge < -0.3 is 4.74 Å². The van der Waals surface area contributed by atoms with Crippen molar-refractivity contribution in [1.82, 2.24) is 4.98 Å². The fraction of sp³-hybridized carbons (Fsp3) is 0.0833. The Morgan fingerprint density at radius 2 is 1.45 bits per heavy atom. The second-order valence-corrected chi connectivity index (χ2v) is 5.55. The van der Waals surface area contributed by atoms with E-state index in [4.69, 9.17) is 62.7 Å². The highest BCUT2D eigenvalue weighted by Gasteiger charge is 2.23. The molecule has 0 bridgehead atoms. The van der Waals surface area contributed by atoms with E-state index in [0.29, 0.717) is 5.75 Å². The van der Waals surface area contributed by atoms with Gasteiger partial charge in [-0.05, 0) is 6.07 Å². The van der Waals surface area contributed by atoms with Crippen LogP contribution in [0.25, 0.3) is 11.1 Å². The Labute approximate surface area is 139 Å². The predicted molar refractivity (Wildman–Crippen MR) is 81.2 cm³/mol. The predicted octanol–water partition coefficient (Wildman–Crippen LogP) is 6.16. The topological polar surface area (TPSA) is 22.1 Å². The number of rotatable bonds is 2. The van der Waals surface area contributed by atoms with Gasteiger partial charge in [-0.2, -0.15) is 4.39 Å². The molecule has 0 amide bonds. The lowest BCUT2D eigenvalue weighted by Gasteiger charge is -2.13. The zero-order valence-corrected chi connectivity index (χ0v) is 13.6. The van der Waals surface area contributed by atoms with Crippen LogP contribution in [0.3, 0.4) is 0 Å². The Morgan fingerprint density at radius 1 is 0.950 bits per heavy atom. The number of aromatic nitrogens is 1. The molecule has 0 aliphatic heterocycles. The highest BCUT2D eigenvalue weighted by Crippen LogP contribution is 2.48. The van der Waals surface area contributed by atoms with Crippen molar-refractivity contribution >= 4 is 58.0 Å². The van der Waals surface area contributed by atoms with Gasteiger partial charge >= 0.3 is 0 Å². The van der Waals surface area contributed by atoms with Crippen molar-refractivity contribution in [3.63, 3.8) is 0 Å². The van der Waals surface area contributed by atoms with Crippen molar-refractivity contribution < 1.29 is 9.13 Å². The molecule has 2 nitrogen and oxygen atoms in total.